The Morgan fingerprint density at radius 1 is 1.00 bits per heavy atom. The summed E-state index contributed by atoms with van der Waals surface area (Å²) in [5.41, 5.74) is 3.31. The Morgan fingerprint density at radius 2 is 1.79 bits per heavy atom. The second-order valence-corrected chi connectivity index (χ2v) is 7.89. The molecule has 4 aromatic rings. The summed E-state index contributed by atoms with van der Waals surface area (Å²) in [7, 11) is -2.38. The van der Waals surface area contributed by atoms with Gasteiger partial charge in [-0.15, -0.1) is 0 Å². The maximum absolute atomic E-state index is 12.5. The van der Waals surface area contributed by atoms with Crippen molar-refractivity contribution in [2.24, 2.45) is 5.10 Å². The number of aromatic nitrogens is 4. The molecule has 0 atom stereocenters. The van der Waals surface area contributed by atoms with E-state index in [1.165, 1.54) is 31.7 Å². The van der Waals surface area contributed by atoms with Gasteiger partial charge in [0.2, 0.25) is 0 Å². The van der Waals surface area contributed by atoms with Gasteiger partial charge in [-0.1, -0.05) is 6.07 Å². The third kappa shape index (κ3) is 3.35. The van der Waals surface area contributed by atoms with Crippen molar-refractivity contribution in [3.63, 3.8) is 0 Å². The zero-order valence-electron chi connectivity index (χ0n) is 14.9. The lowest BCUT2D eigenvalue weighted by molar-refractivity contribution is 0.490. The minimum absolute atomic E-state index is 0.0756. The van der Waals surface area contributed by atoms with Crippen molar-refractivity contribution < 1.29 is 8.42 Å². The molecule has 0 saturated heterocycles. The molecule has 0 aliphatic rings. The molecule has 0 N–H and O–H groups in total. The minimum Gasteiger partial charge on any atom is -0.298 e. The normalized spacial score (nSPS) is 11.9. The molecule has 9 heteroatoms. The molecule has 4 rings (SSSR count). The quantitative estimate of drug-likeness (QED) is 0.384. The molecule has 0 bridgehead atoms. The maximum Gasteiger partial charge on any atom is 0.280 e. The van der Waals surface area contributed by atoms with Gasteiger partial charge < -0.3 is 0 Å². The van der Waals surface area contributed by atoms with Crippen molar-refractivity contribution >= 4 is 21.9 Å². The number of rotatable bonds is 5. The molecule has 0 aromatic carbocycles. The van der Waals surface area contributed by atoms with Crippen molar-refractivity contribution in [3.8, 4) is 11.1 Å². The second kappa shape index (κ2) is 7.20. The van der Waals surface area contributed by atoms with Crippen LogP contribution in [-0.2, 0) is 10.0 Å². The monoisotopic (exact) mass is 392 g/mol. The van der Waals surface area contributed by atoms with Gasteiger partial charge >= 0.3 is 0 Å². The average Bonchev–Trinajstić information content (AvgIpc) is 3.15. The molecule has 0 aliphatic carbocycles. The summed E-state index contributed by atoms with van der Waals surface area (Å²) in [6, 6.07) is 10.7. The summed E-state index contributed by atoms with van der Waals surface area (Å²) in [4.78, 5) is 12.4. The van der Waals surface area contributed by atoms with Gasteiger partial charge in [0.25, 0.3) is 10.0 Å². The van der Waals surface area contributed by atoms with Crippen LogP contribution in [0.25, 0.3) is 16.8 Å². The number of pyridine rings is 3. The molecule has 0 spiro atoms. The molecular weight excluding hydrogens is 376 g/mol. The van der Waals surface area contributed by atoms with Gasteiger partial charge in [-0.3, -0.25) is 14.4 Å². The number of imidazole rings is 1. The van der Waals surface area contributed by atoms with E-state index in [1.54, 1.807) is 24.7 Å². The predicted octanol–water partition coefficient (Wildman–Crippen LogP) is 2.45. The number of hydrazone groups is 1. The van der Waals surface area contributed by atoms with E-state index in [2.05, 4.69) is 20.1 Å². The number of nitrogens with zero attached hydrogens (tertiary/aromatic N) is 6. The lowest BCUT2D eigenvalue weighted by Gasteiger charge is -2.12. The van der Waals surface area contributed by atoms with E-state index in [1.807, 2.05) is 34.9 Å². The summed E-state index contributed by atoms with van der Waals surface area (Å²) >= 11 is 0. The Hall–Kier alpha value is -3.59. The van der Waals surface area contributed by atoms with E-state index < -0.39 is 10.0 Å². The lowest BCUT2D eigenvalue weighted by Crippen LogP contribution is -2.22. The van der Waals surface area contributed by atoms with E-state index in [0.717, 1.165) is 21.2 Å². The summed E-state index contributed by atoms with van der Waals surface area (Å²) in [6.07, 6.45) is 11.3. The van der Waals surface area contributed by atoms with Crippen LogP contribution in [0.4, 0.5) is 0 Å². The first-order valence-electron chi connectivity index (χ1n) is 8.36. The number of fused-ring (bicyclic) bond motifs is 1. The highest BCUT2D eigenvalue weighted by atomic mass is 32.2. The first-order valence-corrected chi connectivity index (χ1v) is 9.80. The fourth-order valence-corrected chi connectivity index (χ4v) is 3.57. The van der Waals surface area contributed by atoms with Crippen molar-refractivity contribution in [1.29, 1.82) is 0 Å². The molecule has 0 unspecified atom stereocenters. The zero-order valence-corrected chi connectivity index (χ0v) is 15.7. The Bertz CT molecular complexity index is 1240. The highest BCUT2D eigenvalue weighted by molar-refractivity contribution is 7.89. The van der Waals surface area contributed by atoms with Crippen LogP contribution in [0.15, 0.2) is 83.6 Å². The van der Waals surface area contributed by atoms with Crippen molar-refractivity contribution in [2.75, 3.05) is 7.05 Å². The highest BCUT2D eigenvalue weighted by Gasteiger charge is 2.19. The van der Waals surface area contributed by atoms with Crippen LogP contribution in [0.3, 0.4) is 0 Å². The van der Waals surface area contributed by atoms with Crippen LogP contribution in [0.1, 0.15) is 5.69 Å². The summed E-state index contributed by atoms with van der Waals surface area (Å²) in [5, 5.41) is 4.09. The van der Waals surface area contributed by atoms with Gasteiger partial charge in [0.15, 0.2) is 0 Å². The zero-order chi connectivity index (χ0) is 19.6. The minimum atomic E-state index is -3.76. The average molecular weight is 392 g/mol. The molecule has 140 valence electrons. The number of hydrogen-bond acceptors (Lipinski definition) is 6. The van der Waals surface area contributed by atoms with E-state index in [9.17, 15) is 8.42 Å². The van der Waals surface area contributed by atoms with Crippen LogP contribution in [0.2, 0.25) is 0 Å². The van der Waals surface area contributed by atoms with E-state index in [-0.39, 0.29) is 4.90 Å². The fraction of sp³-hybridized carbons (Fsp3) is 0.0526. The van der Waals surface area contributed by atoms with E-state index in [4.69, 9.17) is 0 Å². The molecule has 0 radical (unpaired) electrons. The van der Waals surface area contributed by atoms with Crippen LogP contribution in [0, 0.1) is 0 Å². The Labute approximate surface area is 161 Å². The van der Waals surface area contributed by atoms with Crippen LogP contribution < -0.4 is 0 Å². The molecule has 0 saturated carbocycles. The summed E-state index contributed by atoms with van der Waals surface area (Å²) in [6.45, 7) is 0. The third-order valence-corrected chi connectivity index (χ3v) is 5.79. The smallest absolute Gasteiger partial charge is 0.280 e. The van der Waals surface area contributed by atoms with Gasteiger partial charge in [-0.2, -0.15) is 17.9 Å². The molecule has 0 aliphatic heterocycles. The maximum atomic E-state index is 12.5. The van der Waals surface area contributed by atoms with Crippen LogP contribution in [0.5, 0.6) is 0 Å². The predicted molar refractivity (Wildman–Crippen MR) is 105 cm³/mol. The van der Waals surface area contributed by atoms with Crippen LogP contribution >= 0.6 is 0 Å². The fourth-order valence-electron chi connectivity index (χ4n) is 2.65. The molecule has 28 heavy (non-hydrogen) atoms. The summed E-state index contributed by atoms with van der Waals surface area (Å²) in [5.74, 6) is 0. The van der Waals surface area contributed by atoms with Gasteiger partial charge in [-0.05, 0) is 30.3 Å². The van der Waals surface area contributed by atoms with Gasteiger partial charge in [-0.25, -0.2) is 4.98 Å². The second-order valence-electron chi connectivity index (χ2n) is 5.94. The molecule has 0 fully saturated rings. The number of hydrogen-bond donors (Lipinski definition) is 0. The SMILES string of the molecule is CN(N=Cc1cnc2ccc(-c3cccnc3)cn12)S(=O)(=O)c1cccnc1. The van der Waals surface area contributed by atoms with Crippen molar-refractivity contribution in [2.45, 2.75) is 4.90 Å². The molecular formula is C19H16N6O2S. The van der Waals surface area contributed by atoms with E-state index in [0.29, 0.717) is 5.69 Å². The molecule has 0 amide bonds. The van der Waals surface area contributed by atoms with Gasteiger partial charge in [0.05, 0.1) is 18.1 Å². The lowest BCUT2D eigenvalue weighted by atomic mass is 10.1. The van der Waals surface area contributed by atoms with Crippen molar-refractivity contribution in [1.82, 2.24) is 23.8 Å². The third-order valence-electron chi connectivity index (χ3n) is 4.16. The highest BCUT2D eigenvalue weighted by Crippen LogP contribution is 2.19. The Balaban J connectivity index is 1.66. The Kier molecular flexibility index (Phi) is 4.58. The summed E-state index contributed by atoms with van der Waals surface area (Å²) < 4.78 is 27.8. The Morgan fingerprint density at radius 3 is 2.50 bits per heavy atom. The first kappa shape index (κ1) is 17.8. The van der Waals surface area contributed by atoms with Gasteiger partial charge in [0.1, 0.15) is 10.5 Å². The molecule has 8 nitrogen and oxygen atoms in total. The topological polar surface area (TPSA) is 92.8 Å². The molecule has 4 heterocycles. The largest absolute Gasteiger partial charge is 0.298 e. The first-order chi connectivity index (χ1) is 13.6. The standard InChI is InChI=1S/C19H16N6O2S/c1-24(28(26,27)18-5-3-9-21-13-18)23-12-17-11-22-19-7-6-16(14-25(17)19)15-4-2-8-20-10-15/h2-14H,1H3. The van der Waals surface area contributed by atoms with E-state index >= 15 is 0 Å². The van der Waals surface area contributed by atoms with Crippen LogP contribution in [-0.4, -0.2) is 45.4 Å². The number of sulfonamides is 1. The van der Waals surface area contributed by atoms with Gasteiger partial charge in [0, 0.05) is 49.2 Å². The molecule has 4 aromatic heterocycles. The van der Waals surface area contributed by atoms with Crippen molar-refractivity contribution in [3.05, 3.63) is 79.3 Å².